The van der Waals surface area contributed by atoms with Gasteiger partial charge in [-0.3, -0.25) is 19.4 Å². The molecular weight excluding hydrogens is 468 g/mol. The predicted molar refractivity (Wildman–Crippen MR) is 136 cm³/mol. The average Bonchev–Trinajstić information content (AvgIpc) is 3.61. The molecule has 0 bridgehead atoms. The van der Waals surface area contributed by atoms with E-state index in [0.717, 1.165) is 27.3 Å². The van der Waals surface area contributed by atoms with Gasteiger partial charge in [0.15, 0.2) is 12.1 Å². The summed E-state index contributed by atoms with van der Waals surface area (Å²) in [6.07, 6.45) is 0.561. The molecule has 3 aromatic carbocycles. The third-order valence-electron chi connectivity index (χ3n) is 6.97. The molecule has 9 heteroatoms. The summed E-state index contributed by atoms with van der Waals surface area (Å²) in [4.78, 5) is 41.2. The predicted octanol–water partition coefficient (Wildman–Crippen LogP) is 3.67. The Labute approximate surface area is 213 Å². The highest BCUT2D eigenvalue weighted by Gasteiger charge is 2.55. The molecular formula is C28H24N6O3. The summed E-state index contributed by atoms with van der Waals surface area (Å²) < 4.78 is 0. The minimum atomic E-state index is -0.966. The van der Waals surface area contributed by atoms with E-state index in [9.17, 15) is 14.4 Å². The molecule has 3 atom stereocenters. The first-order valence-electron chi connectivity index (χ1n) is 12.1. The molecule has 3 amide bonds. The molecule has 1 saturated heterocycles. The summed E-state index contributed by atoms with van der Waals surface area (Å²) in [6.45, 7) is 1.62. The largest absolute Gasteiger partial charge is 0.271 e. The Morgan fingerprint density at radius 3 is 2.30 bits per heavy atom. The Hall–Kier alpha value is -4.66. The zero-order valence-electron chi connectivity index (χ0n) is 20.1. The molecule has 3 aliphatic heterocycles. The molecule has 0 aliphatic carbocycles. The first-order valence-corrected chi connectivity index (χ1v) is 12.1. The maximum atomic E-state index is 13.6. The van der Waals surface area contributed by atoms with Crippen molar-refractivity contribution in [3.05, 3.63) is 102 Å². The van der Waals surface area contributed by atoms with Crippen molar-refractivity contribution in [1.82, 2.24) is 10.0 Å². The molecule has 6 rings (SSSR count). The van der Waals surface area contributed by atoms with Crippen LogP contribution in [-0.2, 0) is 14.4 Å². The second-order valence-electron chi connectivity index (χ2n) is 9.27. The highest BCUT2D eigenvalue weighted by atomic mass is 16.2. The number of para-hydroxylation sites is 1. The molecule has 3 heterocycles. The van der Waals surface area contributed by atoms with Gasteiger partial charge in [0.2, 0.25) is 0 Å². The average molecular weight is 493 g/mol. The lowest BCUT2D eigenvalue weighted by Crippen LogP contribution is -2.44. The van der Waals surface area contributed by atoms with Crippen molar-refractivity contribution in [3.63, 3.8) is 0 Å². The SMILES string of the molecule is Cc1ccccc1N1C(=O)[C@@H]2N=NN(CC(=O)N3N=C(c4ccccc4)C[C@H]3c3ccccc3)[C@H]2C1=O. The molecule has 1 fully saturated rings. The van der Waals surface area contributed by atoms with Gasteiger partial charge in [-0.1, -0.05) is 84.1 Å². The number of aryl methyl sites for hydroxylation is 1. The Kier molecular flexibility index (Phi) is 5.60. The molecule has 0 radical (unpaired) electrons. The van der Waals surface area contributed by atoms with E-state index in [1.54, 1.807) is 12.1 Å². The van der Waals surface area contributed by atoms with Crippen molar-refractivity contribution in [2.24, 2.45) is 15.4 Å². The molecule has 9 nitrogen and oxygen atoms in total. The molecule has 0 spiro atoms. The number of hydrogen-bond donors (Lipinski definition) is 0. The normalized spacial score (nSPS) is 22.6. The number of fused-ring (bicyclic) bond motifs is 1. The van der Waals surface area contributed by atoms with Crippen LogP contribution in [0.3, 0.4) is 0 Å². The van der Waals surface area contributed by atoms with Crippen molar-refractivity contribution in [2.45, 2.75) is 31.5 Å². The molecule has 0 aromatic heterocycles. The number of carbonyl (C=O) groups excluding carboxylic acids is 3. The van der Waals surface area contributed by atoms with Crippen molar-refractivity contribution in [2.75, 3.05) is 11.4 Å². The lowest BCUT2D eigenvalue weighted by molar-refractivity contribution is -0.135. The smallest absolute Gasteiger partial charge is 0.264 e. The van der Waals surface area contributed by atoms with Gasteiger partial charge in [0.05, 0.1) is 17.4 Å². The van der Waals surface area contributed by atoms with E-state index in [-0.39, 0.29) is 18.5 Å². The first-order chi connectivity index (χ1) is 18.0. The van der Waals surface area contributed by atoms with Gasteiger partial charge in [-0.25, -0.2) is 9.91 Å². The van der Waals surface area contributed by atoms with Crippen LogP contribution in [0.5, 0.6) is 0 Å². The van der Waals surface area contributed by atoms with Crippen LogP contribution >= 0.6 is 0 Å². The summed E-state index contributed by atoms with van der Waals surface area (Å²) >= 11 is 0. The van der Waals surface area contributed by atoms with Gasteiger partial charge < -0.3 is 0 Å². The Morgan fingerprint density at radius 2 is 1.57 bits per heavy atom. The molecule has 3 aromatic rings. The van der Waals surface area contributed by atoms with Gasteiger partial charge in [-0.15, -0.1) is 0 Å². The number of amides is 3. The zero-order valence-corrected chi connectivity index (χ0v) is 20.1. The van der Waals surface area contributed by atoms with Crippen LogP contribution in [0.25, 0.3) is 0 Å². The summed E-state index contributed by atoms with van der Waals surface area (Å²) in [7, 11) is 0. The van der Waals surface area contributed by atoms with Crippen LogP contribution < -0.4 is 4.90 Å². The lowest BCUT2D eigenvalue weighted by atomic mass is 9.98. The molecule has 3 aliphatic rings. The highest BCUT2D eigenvalue weighted by Crippen LogP contribution is 2.35. The highest BCUT2D eigenvalue weighted by molar-refractivity contribution is 6.25. The third-order valence-corrected chi connectivity index (χ3v) is 6.97. The third kappa shape index (κ3) is 3.88. The number of hydrogen-bond acceptors (Lipinski definition) is 7. The van der Waals surface area contributed by atoms with Gasteiger partial charge in [-0.2, -0.15) is 10.2 Å². The van der Waals surface area contributed by atoms with E-state index in [1.165, 1.54) is 10.0 Å². The Balaban J connectivity index is 1.26. The Morgan fingerprint density at radius 1 is 0.892 bits per heavy atom. The van der Waals surface area contributed by atoms with Crippen molar-refractivity contribution in [1.29, 1.82) is 0 Å². The van der Waals surface area contributed by atoms with Crippen LogP contribution in [-0.4, -0.2) is 52.1 Å². The summed E-state index contributed by atoms with van der Waals surface area (Å²) in [5.74, 6) is -1.19. The van der Waals surface area contributed by atoms with Gasteiger partial charge in [0.25, 0.3) is 17.7 Å². The fourth-order valence-corrected chi connectivity index (χ4v) is 5.10. The van der Waals surface area contributed by atoms with E-state index in [2.05, 4.69) is 10.3 Å². The van der Waals surface area contributed by atoms with Gasteiger partial charge >= 0.3 is 0 Å². The fraction of sp³-hybridized carbons (Fsp3) is 0.214. The number of imide groups is 1. The lowest BCUT2D eigenvalue weighted by Gasteiger charge is -2.25. The van der Waals surface area contributed by atoms with Crippen LogP contribution in [0.2, 0.25) is 0 Å². The van der Waals surface area contributed by atoms with Crippen molar-refractivity contribution >= 4 is 29.1 Å². The van der Waals surface area contributed by atoms with Crippen LogP contribution in [0.1, 0.15) is 29.2 Å². The molecule has 184 valence electrons. The van der Waals surface area contributed by atoms with Gasteiger partial charge in [0.1, 0.15) is 6.54 Å². The van der Waals surface area contributed by atoms with Gasteiger partial charge in [0, 0.05) is 6.42 Å². The van der Waals surface area contributed by atoms with Crippen molar-refractivity contribution < 1.29 is 14.4 Å². The number of benzene rings is 3. The van der Waals surface area contributed by atoms with E-state index < -0.39 is 23.9 Å². The summed E-state index contributed by atoms with van der Waals surface area (Å²) in [5.41, 5.74) is 4.04. The number of anilines is 1. The van der Waals surface area contributed by atoms with E-state index in [4.69, 9.17) is 5.10 Å². The second kappa shape index (κ2) is 9.09. The van der Waals surface area contributed by atoms with Crippen LogP contribution in [0, 0.1) is 6.92 Å². The molecule has 37 heavy (non-hydrogen) atoms. The molecule has 0 unspecified atom stereocenters. The van der Waals surface area contributed by atoms with E-state index in [0.29, 0.717) is 12.1 Å². The number of carbonyl (C=O) groups is 3. The minimum absolute atomic E-state index is 0.222. The maximum Gasteiger partial charge on any atom is 0.264 e. The van der Waals surface area contributed by atoms with Crippen LogP contribution in [0.4, 0.5) is 5.69 Å². The van der Waals surface area contributed by atoms with Crippen molar-refractivity contribution in [3.8, 4) is 0 Å². The zero-order chi connectivity index (χ0) is 25.5. The Bertz CT molecular complexity index is 1440. The van der Waals surface area contributed by atoms with Crippen LogP contribution in [0.15, 0.2) is 100 Å². The first kappa shape index (κ1) is 22.8. The second-order valence-corrected chi connectivity index (χ2v) is 9.27. The molecule has 0 N–H and O–H groups in total. The molecule has 0 saturated carbocycles. The topological polar surface area (TPSA) is 98.0 Å². The number of nitrogens with zero attached hydrogens (tertiary/aromatic N) is 6. The summed E-state index contributed by atoms with van der Waals surface area (Å²) in [6, 6.07) is 24.5. The number of hydrazone groups is 1. The van der Waals surface area contributed by atoms with E-state index >= 15 is 0 Å². The maximum absolute atomic E-state index is 13.6. The minimum Gasteiger partial charge on any atom is -0.271 e. The standard InChI is InChI=1S/C28H24N6O3/c1-18-10-8-9-15-22(18)33-27(36)25-26(28(33)37)32(31-29-25)17-24(35)34-23(20-13-6-3-7-14-20)16-21(30-34)19-11-4-2-5-12-19/h2-15,23,25-26H,16-17H2,1H3/t23-,25+,26+/m0/s1. The monoisotopic (exact) mass is 492 g/mol. The fourth-order valence-electron chi connectivity index (χ4n) is 5.10. The quantitative estimate of drug-likeness (QED) is 0.508. The summed E-state index contributed by atoms with van der Waals surface area (Å²) in [5, 5.41) is 15.6. The number of rotatable bonds is 5. The van der Waals surface area contributed by atoms with Gasteiger partial charge in [-0.05, 0) is 29.7 Å². The van der Waals surface area contributed by atoms with E-state index in [1.807, 2.05) is 79.7 Å².